The predicted octanol–water partition coefficient (Wildman–Crippen LogP) is 2.07. The maximum atomic E-state index is 12.1. The Morgan fingerprint density at radius 2 is 2.00 bits per heavy atom. The van der Waals surface area contributed by atoms with Crippen molar-refractivity contribution >= 4 is 27.5 Å². The first-order valence-electron chi connectivity index (χ1n) is 5.99. The third kappa shape index (κ3) is 2.95. The lowest BCUT2D eigenvalue weighted by Gasteiger charge is -2.07. The Morgan fingerprint density at radius 3 is 2.67 bits per heavy atom. The van der Waals surface area contributed by atoms with Crippen LogP contribution in [-0.2, 0) is 0 Å². The SMILES string of the molecule is O=C(Nc1ccc(-n2cnnn2)cc1)c1cccnc1Br. The average molecular weight is 345 g/mol. The van der Waals surface area contributed by atoms with Crippen molar-refractivity contribution in [3.8, 4) is 5.69 Å². The van der Waals surface area contributed by atoms with Crippen molar-refractivity contribution < 1.29 is 4.79 Å². The minimum atomic E-state index is -0.231. The van der Waals surface area contributed by atoms with E-state index in [1.165, 1.54) is 11.0 Å². The number of benzene rings is 1. The van der Waals surface area contributed by atoms with Gasteiger partial charge in [0.05, 0.1) is 11.3 Å². The third-order valence-corrected chi connectivity index (χ3v) is 3.37. The van der Waals surface area contributed by atoms with E-state index in [1.807, 2.05) is 12.1 Å². The number of pyridine rings is 1. The van der Waals surface area contributed by atoms with Crippen molar-refractivity contribution in [3.63, 3.8) is 0 Å². The quantitative estimate of drug-likeness (QED) is 0.735. The van der Waals surface area contributed by atoms with Crippen LogP contribution in [0.25, 0.3) is 5.69 Å². The fourth-order valence-electron chi connectivity index (χ4n) is 1.73. The van der Waals surface area contributed by atoms with Crippen molar-refractivity contribution in [2.24, 2.45) is 0 Å². The van der Waals surface area contributed by atoms with Crippen molar-refractivity contribution in [1.82, 2.24) is 25.2 Å². The van der Waals surface area contributed by atoms with Gasteiger partial charge in [-0.1, -0.05) is 0 Å². The molecule has 0 bridgehead atoms. The highest BCUT2D eigenvalue weighted by Crippen LogP contribution is 2.16. The van der Waals surface area contributed by atoms with E-state index in [0.717, 1.165) is 5.69 Å². The number of carbonyl (C=O) groups excluding carboxylic acids is 1. The topological polar surface area (TPSA) is 85.6 Å². The highest BCUT2D eigenvalue weighted by molar-refractivity contribution is 9.10. The van der Waals surface area contributed by atoms with E-state index in [-0.39, 0.29) is 5.91 Å². The molecule has 8 heteroatoms. The summed E-state index contributed by atoms with van der Waals surface area (Å²) >= 11 is 3.25. The van der Waals surface area contributed by atoms with Crippen LogP contribution < -0.4 is 5.32 Å². The number of hydrogen-bond acceptors (Lipinski definition) is 5. The lowest BCUT2D eigenvalue weighted by molar-refractivity contribution is 0.102. The molecule has 0 saturated heterocycles. The summed E-state index contributed by atoms with van der Waals surface area (Å²) in [6, 6.07) is 10.6. The van der Waals surface area contributed by atoms with E-state index in [2.05, 4.69) is 41.8 Å². The van der Waals surface area contributed by atoms with Gasteiger partial charge in [0.1, 0.15) is 10.9 Å². The summed E-state index contributed by atoms with van der Waals surface area (Å²) < 4.78 is 2.04. The second-order valence-electron chi connectivity index (χ2n) is 4.10. The Kier molecular flexibility index (Phi) is 3.69. The van der Waals surface area contributed by atoms with E-state index in [4.69, 9.17) is 0 Å². The molecule has 0 fully saturated rings. The zero-order valence-corrected chi connectivity index (χ0v) is 12.2. The molecule has 0 aliphatic carbocycles. The summed E-state index contributed by atoms with van der Waals surface area (Å²) in [7, 11) is 0. The highest BCUT2D eigenvalue weighted by atomic mass is 79.9. The fourth-order valence-corrected chi connectivity index (χ4v) is 2.16. The first-order valence-corrected chi connectivity index (χ1v) is 6.78. The average Bonchev–Trinajstić information content (AvgIpc) is 3.02. The maximum Gasteiger partial charge on any atom is 0.258 e. The van der Waals surface area contributed by atoms with Crippen molar-refractivity contribution in [1.29, 1.82) is 0 Å². The first-order chi connectivity index (χ1) is 10.2. The van der Waals surface area contributed by atoms with Crippen LogP contribution >= 0.6 is 15.9 Å². The van der Waals surface area contributed by atoms with Crippen LogP contribution in [0.1, 0.15) is 10.4 Å². The second kappa shape index (κ2) is 5.80. The molecule has 0 atom stereocenters. The number of tetrazole rings is 1. The predicted molar refractivity (Wildman–Crippen MR) is 79.0 cm³/mol. The summed E-state index contributed by atoms with van der Waals surface area (Å²) in [6.45, 7) is 0. The van der Waals surface area contributed by atoms with E-state index in [0.29, 0.717) is 15.9 Å². The van der Waals surface area contributed by atoms with Gasteiger partial charge < -0.3 is 5.32 Å². The van der Waals surface area contributed by atoms with Gasteiger partial charge in [0, 0.05) is 11.9 Å². The van der Waals surface area contributed by atoms with Crippen LogP contribution in [0.4, 0.5) is 5.69 Å². The molecule has 3 aromatic rings. The Balaban J connectivity index is 1.77. The van der Waals surface area contributed by atoms with Gasteiger partial charge in [-0.15, -0.1) is 5.10 Å². The molecule has 21 heavy (non-hydrogen) atoms. The smallest absolute Gasteiger partial charge is 0.258 e. The lowest BCUT2D eigenvalue weighted by atomic mass is 10.2. The first kappa shape index (κ1) is 13.4. The van der Waals surface area contributed by atoms with Gasteiger partial charge in [-0.2, -0.15) is 0 Å². The number of rotatable bonds is 3. The van der Waals surface area contributed by atoms with Crippen LogP contribution in [0.15, 0.2) is 53.5 Å². The number of amides is 1. The molecule has 0 radical (unpaired) electrons. The minimum Gasteiger partial charge on any atom is -0.322 e. The fraction of sp³-hybridized carbons (Fsp3) is 0. The van der Waals surface area contributed by atoms with Gasteiger partial charge in [-0.25, -0.2) is 9.67 Å². The Bertz CT molecular complexity index is 757. The maximum absolute atomic E-state index is 12.1. The van der Waals surface area contributed by atoms with Gasteiger partial charge in [0.15, 0.2) is 0 Å². The molecule has 1 amide bonds. The highest BCUT2D eigenvalue weighted by Gasteiger charge is 2.10. The Labute approximate surface area is 128 Å². The van der Waals surface area contributed by atoms with Gasteiger partial charge in [-0.05, 0) is 62.8 Å². The van der Waals surface area contributed by atoms with Crippen LogP contribution in [0, 0.1) is 0 Å². The molecule has 2 heterocycles. The summed E-state index contributed by atoms with van der Waals surface area (Å²) in [5, 5.41) is 13.7. The van der Waals surface area contributed by atoms with Gasteiger partial charge >= 0.3 is 0 Å². The number of hydrogen-bond donors (Lipinski definition) is 1. The summed E-state index contributed by atoms with van der Waals surface area (Å²) in [6.07, 6.45) is 3.11. The largest absolute Gasteiger partial charge is 0.322 e. The van der Waals surface area contributed by atoms with Crippen LogP contribution in [0.3, 0.4) is 0 Å². The van der Waals surface area contributed by atoms with Crippen molar-refractivity contribution in [2.75, 3.05) is 5.32 Å². The molecule has 0 spiro atoms. The summed E-state index contributed by atoms with van der Waals surface area (Å²) in [4.78, 5) is 16.1. The normalized spacial score (nSPS) is 10.3. The molecular weight excluding hydrogens is 336 g/mol. The van der Waals surface area contributed by atoms with E-state index >= 15 is 0 Å². The molecule has 3 rings (SSSR count). The summed E-state index contributed by atoms with van der Waals surface area (Å²) in [5.74, 6) is -0.231. The van der Waals surface area contributed by atoms with Gasteiger partial charge in [-0.3, -0.25) is 4.79 Å². The Hall–Kier alpha value is -2.61. The number of aromatic nitrogens is 5. The zero-order valence-electron chi connectivity index (χ0n) is 10.6. The van der Waals surface area contributed by atoms with Gasteiger partial charge in [0.25, 0.3) is 5.91 Å². The van der Waals surface area contributed by atoms with Crippen molar-refractivity contribution in [2.45, 2.75) is 0 Å². The number of carbonyl (C=O) groups is 1. The second-order valence-corrected chi connectivity index (χ2v) is 4.85. The molecule has 0 saturated carbocycles. The zero-order chi connectivity index (χ0) is 14.7. The molecule has 1 aromatic carbocycles. The molecule has 104 valence electrons. The third-order valence-electron chi connectivity index (χ3n) is 2.74. The van der Waals surface area contributed by atoms with Crippen LogP contribution in [0.2, 0.25) is 0 Å². The minimum absolute atomic E-state index is 0.231. The summed E-state index contributed by atoms with van der Waals surface area (Å²) in [5.41, 5.74) is 1.95. The van der Waals surface area contributed by atoms with Crippen molar-refractivity contribution in [3.05, 3.63) is 59.1 Å². The van der Waals surface area contributed by atoms with Crippen LogP contribution in [-0.4, -0.2) is 31.1 Å². The standard InChI is InChI=1S/C13H9BrN6O/c14-12-11(2-1-7-15-12)13(21)17-9-3-5-10(6-4-9)20-8-16-18-19-20/h1-8H,(H,17,21). The number of nitrogens with one attached hydrogen (secondary N) is 1. The molecule has 0 aliphatic rings. The molecule has 0 unspecified atom stereocenters. The monoisotopic (exact) mass is 344 g/mol. The van der Waals surface area contributed by atoms with Gasteiger partial charge in [0.2, 0.25) is 0 Å². The Morgan fingerprint density at radius 1 is 1.19 bits per heavy atom. The van der Waals surface area contributed by atoms with Crippen LogP contribution in [0.5, 0.6) is 0 Å². The molecule has 1 N–H and O–H groups in total. The molecule has 2 aromatic heterocycles. The molecular formula is C13H9BrN6O. The number of halogens is 1. The number of anilines is 1. The van der Waals surface area contributed by atoms with E-state index in [9.17, 15) is 4.79 Å². The van der Waals surface area contributed by atoms with E-state index in [1.54, 1.807) is 30.5 Å². The lowest BCUT2D eigenvalue weighted by Crippen LogP contribution is -2.13. The number of nitrogens with zero attached hydrogens (tertiary/aromatic N) is 5. The van der Waals surface area contributed by atoms with E-state index < -0.39 is 0 Å². The molecule has 0 aliphatic heterocycles. The molecule has 7 nitrogen and oxygen atoms in total.